The minimum absolute atomic E-state index is 0.281. The van der Waals surface area contributed by atoms with Gasteiger partial charge in [0.25, 0.3) is 0 Å². The van der Waals surface area contributed by atoms with E-state index in [1.165, 1.54) is 0 Å². The second-order valence-electron chi connectivity index (χ2n) is 7.94. The summed E-state index contributed by atoms with van der Waals surface area (Å²) < 4.78 is 1.74. The van der Waals surface area contributed by atoms with Gasteiger partial charge in [-0.25, -0.2) is 14.5 Å². The predicted octanol–water partition coefficient (Wildman–Crippen LogP) is 4.47. The molecule has 5 N–H and O–H groups in total. The number of thiazole rings is 1. The number of imidazole rings is 1. The molecule has 0 amide bonds. The van der Waals surface area contributed by atoms with Crippen LogP contribution in [0.2, 0.25) is 0 Å². The summed E-state index contributed by atoms with van der Waals surface area (Å²) in [6.45, 7) is 2.02. The van der Waals surface area contributed by atoms with Gasteiger partial charge in [0.15, 0.2) is 5.65 Å². The highest BCUT2D eigenvalue weighted by Gasteiger charge is 2.27. The molecule has 7 nitrogen and oxygen atoms in total. The van der Waals surface area contributed by atoms with E-state index in [1.807, 2.05) is 13.1 Å². The van der Waals surface area contributed by atoms with Crippen LogP contribution in [0.4, 0.5) is 17.2 Å². The van der Waals surface area contributed by atoms with Gasteiger partial charge >= 0.3 is 0 Å². The molecule has 1 saturated carbocycles. The fourth-order valence-electron chi connectivity index (χ4n) is 4.28. The van der Waals surface area contributed by atoms with Crippen LogP contribution in [0.3, 0.4) is 0 Å². The number of fused-ring (bicyclic) bond motifs is 1. The molecule has 3 aromatic heterocycles. The number of anilines is 3. The van der Waals surface area contributed by atoms with Crippen molar-refractivity contribution in [2.45, 2.75) is 44.6 Å². The van der Waals surface area contributed by atoms with Crippen molar-refractivity contribution in [3.05, 3.63) is 52.6 Å². The number of aryl methyl sites for hydroxylation is 1. The van der Waals surface area contributed by atoms with Crippen molar-refractivity contribution in [2.24, 2.45) is 5.73 Å². The molecule has 0 spiro atoms. The van der Waals surface area contributed by atoms with Crippen LogP contribution in [0.5, 0.6) is 0 Å². The third-order valence-corrected chi connectivity index (χ3v) is 6.63. The smallest absolute Gasteiger partial charge is 0.177 e. The summed E-state index contributed by atoms with van der Waals surface area (Å²) in [5.41, 5.74) is 18.4. The fraction of sp³-hybridized carbons (Fsp3) is 0.318. The number of hydrogen-bond donors (Lipinski definition) is 3. The number of nitrogens with zero attached hydrogens (tertiary/aromatic N) is 4. The molecule has 5 rings (SSSR count). The average Bonchev–Trinajstić information content (AvgIpc) is 3.38. The standard InChI is InChI=1S/C22H25N7S/c1-13-26-18(12-30-13)14-4-8-17(9-5-14)27-20-19(15-2-6-16(23)7-3-15)21(24)28-29-11-10-25-22(20)29/h4-5,8-12,15-16,27H,2-3,6-7,23H2,1H3,(H2,24,28)/t15-,16-. The first kappa shape index (κ1) is 19.0. The van der Waals surface area contributed by atoms with E-state index in [0.717, 1.165) is 64.5 Å². The third-order valence-electron chi connectivity index (χ3n) is 5.86. The lowest BCUT2D eigenvalue weighted by Crippen LogP contribution is -2.26. The van der Waals surface area contributed by atoms with Gasteiger partial charge in [0, 0.05) is 40.6 Å². The number of benzene rings is 1. The van der Waals surface area contributed by atoms with Crippen molar-refractivity contribution in [3.8, 4) is 11.3 Å². The lowest BCUT2D eigenvalue weighted by molar-refractivity contribution is 0.396. The Kier molecular flexibility index (Phi) is 4.88. The van der Waals surface area contributed by atoms with Crippen LogP contribution in [-0.2, 0) is 0 Å². The highest BCUT2D eigenvalue weighted by atomic mass is 32.1. The van der Waals surface area contributed by atoms with Gasteiger partial charge in [-0.2, -0.15) is 0 Å². The Morgan fingerprint density at radius 3 is 2.60 bits per heavy atom. The van der Waals surface area contributed by atoms with Crippen molar-refractivity contribution < 1.29 is 0 Å². The summed E-state index contributed by atoms with van der Waals surface area (Å²) in [4.78, 5) is 9.11. The first-order valence-electron chi connectivity index (χ1n) is 10.3. The number of aromatic nitrogens is 4. The van der Waals surface area contributed by atoms with Crippen molar-refractivity contribution >= 4 is 34.2 Å². The normalized spacial score (nSPS) is 19.3. The zero-order valence-electron chi connectivity index (χ0n) is 16.9. The molecule has 0 atom stereocenters. The van der Waals surface area contributed by atoms with Crippen LogP contribution in [0.15, 0.2) is 42.0 Å². The van der Waals surface area contributed by atoms with Crippen molar-refractivity contribution in [2.75, 3.05) is 11.1 Å². The second-order valence-corrected chi connectivity index (χ2v) is 9.00. The van der Waals surface area contributed by atoms with E-state index >= 15 is 0 Å². The molecule has 1 aliphatic carbocycles. The Hall–Kier alpha value is -2.97. The van der Waals surface area contributed by atoms with E-state index < -0.39 is 0 Å². The van der Waals surface area contributed by atoms with Gasteiger partial charge in [0.05, 0.1) is 16.4 Å². The Bertz CT molecular complexity index is 1170. The monoisotopic (exact) mass is 419 g/mol. The molecule has 0 aliphatic heterocycles. The zero-order chi connectivity index (χ0) is 20.7. The maximum atomic E-state index is 6.43. The molecule has 4 aromatic rings. The summed E-state index contributed by atoms with van der Waals surface area (Å²) in [6, 6.07) is 8.60. The number of rotatable bonds is 4. The van der Waals surface area contributed by atoms with Gasteiger partial charge in [-0.15, -0.1) is 16.4 Å². The molecular formula is C22H25N7S. The molecule has 1 aliphatic rings. The summed E-state index contributed by atoms with van der Waals surface area (Å²) in [5.74, 6) is 0.886. The van der Waals surface area contributed by atoms with Crippen molar-refractivity contribution in [3.63, 3.8) is 0 Å². The minimum Gasteiger partial charge on any atom is -0.382 e. The van der Waals surface area contributed by atoms with Crippen LogP contribution in [-0.4, -0.2) is 25.6 Å². The maximum Gasteiger partial charge on any atom is 0.177 e. The Labute approximate surface area is 179 Å². The summed E-state index contributed by atoms with van der Waals surface area (Å²) in [6.07, 6.45) is 7.61. The molecule has 1 fully saturated rings. The third kappa shape index (κ3) is 3.53. The molecule has 1 aromatic carbocycles. The van der Waals surface area contributed by atoms with Gasteiger partial charge < -0.3 is 16.8 Å². The Balaban J connectivity index is 1.51. The van der Waals surface area contributed by atoms with Crippen molar-refractivity contribution in [1.82, 2.24) is 19.6 Å². The topological polar surface area (TPSA) is 107 Å². The zero-order valence-corrected chi connectivity index (χ0v) is 17.7. The van der Waals surface area contributed by atoms with E-state index in [0.29, 0.717) is 11.7 Å². The maximum absolute atomic E-state index is 6.43. The average molecular weight is 420 g/mol. The van der Waals surface area contributed by atoms with E-state index in [9.17, 15) is 0 Å². The summed E-state index contributed by atoms with van der Waals surface area (Å²) in [7, 11) is 0. The van der Waals surface area contributed by atoms with Gasteiger partial charge in [-0.05, 0) is 50.7 Å². The van der Waals surface area contributed by atoms with Crippen LogP contribution in [0.1, 0.15) is 42.2 Å². The fourth-order valence-corrected chi connectivity index (χ4v) is 4.91. The van der Waals surface area contributed by atoms with Gasteiger partial charge in [0.2, 0.25) is 0 Å². The molecule has 8 heteroatoms. The molecule has 0 bridgehead atoms. The molecule has 154 valence electrons. The number of hydrogen-bond acceptors (Lipinski definition) is 7. The summed E-state index contributed by atoms with van der Waals surface area (Å²) in [5, 5.41) is 11.3. The molecule has 3 heterocycles. The van der Waals surface area contributed by atoms with E-state index in [1.54, 1.807) is 22.0 Å². The summed E-state index contributed by atoms with van der Waals surface area (Å²) >= 11 is 1.66. The lowest BCUT2D eigenvalue weighted by atomic mass is 9.81. The van der Waals surface area contributed by atoms with E-state index in [4.69, 9.17) is 11.5 Å². The number of nitrogens with one attached hydrogen (secondary N) is 1. The van der Waals surface area contributed by atoms with Crippen LogP contribution < -0.4 is 16.8 Å². The van der Waals surface area contributed by atoms with Crippen LogP contribution >= 0.6 is 11.3 Å². The van der Waals surface area contributed by atoms with E-state index in [-0.39, 0.29) is 6.04 Å². The molecular weight excluding hydrogens is 394 g/mol. The molecule has 0 unspecified atom stereocenters. The van der Waals surface area contributed by atoms with Crippen LogP contribution in [0, 0.1) is 6.92 Å². The van der Waals surface area contributed by atoms with Crippen molar-refractivity contribution in [1.29, 1.82) is 0 Å². The quantitative estimate of drug-likeness (QED) is 0.450. The number of nitrogens with two attached hydrogens (primary N) is 2. The van der Waals surface area contributed by atoms with E-state index in [2.05, 4.69) is 50.0 Å². The Morgan fingerprint density at radius 1 is 1.13 bits per heavy atom. The Morgan fingerprint density at radius 2 is 1.90 bits per heavy atom. The first-order valence-corrected chi connectivity index (χ1v) is 11.1. The lowest BCUT2D eigenvalue weighted by Gasteiger charge is -2.28. The molecule has 0 saturated heterocycles. The number of nitrogen functional groups attached to an aromatic ring is 1. The van der Waals surface area contributed by atoms with Gasteiger partial charge in [0.1, 0.15) is 5.82 Å². The predicted molar refractivity (Wildman–Crippen MR) is 122 cm³/mol. The highest BCUT2D eigenvalue weighted by Crippen LogP contribution is 2.41. The second kappa shape index (κ2) is 7.70. The highest BCUT2D eigenvalue weighted by molar-refractivity contribution is 7.09. The minimum atomic E-state index is 0.281. The first-order chi connectivity index (χ1) is 14.6. The van der Waals surface area contributed by atoms with Crippen LogP contribution in [0.25, 0.3) is 16.9 Å². The molecule has 30 heavy (non-hydrogen) atoms. The van der Waals surface area contributed by atoms with Gasteiger partial charge in [-0.3, -0.25) is 0 Å². The SMILES string of the molecule is Cc1nc(-c2ccc(Nc3c4nccn4nc(N)c3[C@H]3CC[C@H](N)CC3)cc2)cs1. The largest absolute Gasteiger partial charge is 0.382 e. The van der Waals surface area contributed by atoms with Gasteiger partial charge in [-0.1, -0.05) is 12.1 Å². The molecule has 0 radical (unpaired) electrons.